The molecule has 2 heteroatoms. The van der Waals surface area contributed by atoms with Gasteiger partial charge in [-0.25, -0.2) is 0 Å². The number of nitrogens with two attached hydrogens (primary N) is 1. The normalized spacial score (nSPS) is 33.0. The summed E-state index contributed by atoms with van der Waals surface area (Å²) in [7, 11) is 0. The molecular formula is C9H18N2. The van der Waals surface area contributed by atoms with Crippen molar-refractivity contribution in [1.29, 1.82) is 0 Å². The van der Waals surface area contributed by atoms with Gasteiger partial charge in [-0.2, -0.15) is 0 Å². The van der Waals surface area contributed by atoms with E-state index in [2.05, 4.69) is 4.90 Å². The molecule has 0 aromatic carbocycles. The van der Waals surface area contributed by atoms with Crippen LogP contribution in [0.15, 0.2) is 0 Å². The summed E-state index contributed by atoms with van der Waals surface area (Å²) in [5, 5.41) is 0. The Balaban J connectivity index is 1.79. The Hall–Kier alpha value is -0.0800. The molecule has 0 bridgehead atoms. The van der Waals surface area contributed by atoms with E-state index in [1.165, 1.54) is 38.8 Å². The van der Waals surface area contributed by atoms with Gasteiger partial charge in [0.25, 0.3) is 0 Å². The third-order valence-corrected chi connectivity index (χ3v) is 2.96. The zero-order valence-electron chi connectivity index (χ0n) is 7.13. The smallest absolute Gasteiger partial charge is 0.0219 e. The van der Waals surface area contributed by atoms with Crippen molar-refractivity contribution in [2.45, 2.75) is 31.7 Å². The molecule has 2 fully saturated rings. The van der Waals surface area contributed by atoms with Crippen molar-refractivity contribution in [3.63, 3.8) is 0 Å². The van der Waals surface area contributed by atoms with Gasteiger partial charge in [-0.1, -0.05) is 0 Å². The van der Waals surface area contributed by atoms with Gasteiger partial charge < -0.3 is 5.73 Å². The van der Waals surface area contributed by atoms with E-state index in [0.717, 1.165) is 18.5 Å². The summed E-state index contributed by atoms with van der Waals surface area (Å²) in [5.74, 6) is 1.03. The van der Waals surface area contributed by atoms with E-state index in [1.807, 2.05) is 0 Å². The molecule has 0 radical (unpaired) electrons. The molecule has 64 valence electrons. The van der Waals surface area contributed by atoms with Crippen LogP contribution in [0, 0.1) is 5.92 Å². The van der Waals surface area contributed by atoms with Crippen LogP contribution in [0.2, 0.25) is 0 Å². The Morgan fingerprint density at radius 3 is 2.73 bits per heavy atom. The molecule has 1 saturated carbocycles. The highest BCUT2D eigenvalue weighted by molar-refractivity contribution is 4.85. The van der Waals surface area contributed by atoms with E-state index in [0.29, 0.717) is 0 Å². The molecule has 2 rings (SSSR count). The summed E-state index contributed by atoms with van der Waals surface area (Å²) >= 11 is 0. The highest BCUT2D eigenvalue weighted by Crippen LogP contribution is 2.31. The molecular weight excluding hydrogens is 136 g/mol. The summed E-state index contributed by atoms with van der Waals surface area (Å²) in [4.78, 5) is 2.59. The zero-order valence-corrected chi connectivity index (χ0v) is 7.13. The highest BCUT2D eigenvalue weighted by Gasteiger charge is 2.29. The van der Waals surface area contributed by atoms with Crippen molar-refractivity contribution in [2.75, 3.05) is 19.6 Å². The minimum Gasteiger partial charge on any atom is -0.329 e. The molecule has 0 amide bonds. The first kappa shape index (κ1) is 7.56. The molecule has 11 heavy (non-hydrogen) atoms. The van der Waals surface area contributed by atoms with Crippen LogP contribution in [0.3, 0.4) is 0 Å². The Morgan fingerprint density at radius 1 is 1.27 bits per heavy atom. The van der Waals surface area contributed by atoms with Gasteiger partial charge >= 0.3 is 0 Å². The third-order valence-electron chi connectivity index (χ3n) is 2.96. The van der Waals surface area contributed by atoms with Crippen LogP contribution in [0.1, 0.15) is 25.7 Å². The molecule has 2 nitrogen and oxygen atoms in total. The fourth-order valence-corrected chi connectivity index (χ4v) is 2.03. The maximum atomic E-state index is 5.68. The molecule has 0 aromatic rings. The van der Waals surface area contributed by atoms with Crippen molar-refractivity contribution in [3.05, 3.63) is 0 Å². The van der Waals surface area contributed by atoms with Gasteiger partial charge in [0.1, 0.15) is 0 Å². The molecule has 0 spiro atoms. The molecule has 1 aliphatic carbocycles. The number of hydrogen-bond donors (Lipinski definition) is 1. The average molecular weight is 154 g/mol. The number of likely N-dealkylation sites (tertiary alicyclic amines) is 1. The van der Waals surface area contributed by atoms with Crippen molar-refractivity contribution in [3.8, 4) is 0 Å². The van der Waals surface area contributed by atoms with Crippen molar-refractivity contribution in [2.24, 2.45) is 11.7 Å². The van der Waals surface area contributed by atoms with Crippen LogP contribution in [0.5, 0.6) is 0 Å². The summed E-state index contributed by atoms with van der Waals surface area (Å²) in [6.07, 6.45) is 5.64. The van der Waals surface area contributed by atoms with Crippen molar-refractivity contribution < 1.29 is 0 Å². The van der Waals surface area contributed by atoms with Gasteiger partial charge in [-0.05, 0) is 38.1 Å². The van der Waals surface area contributed by atoms with E-state index in [-0.39, 0.29) is 0 Å². The Morgan fingerprint density at radius 2 is 2.09 bits per heavy atom. The molecule has 1 atom stereocenters. The topological polar surface area (TPSA) is 29.3 Å². The minimum atomic E-state index is 0.718. The van der Waals surface area contributed by atoms with Crippen LogP contribution < -0.4 is 5.73 Å². The standard InChI is InChI=1S/C9H18N2/c10-6-9-2-1-5-11(9)7-8-3-4-8/h8-9H,1-7,10H2/t9-/m1/s1. The molecule has 1 heterocycles. The Kier molecular flexibility index (Phi) is 2.14. The number of rotatable bonds is 3. The van der Waals surface area contributed by atoms with Crippen LogP contribution in [-0.4, -0.2) is 30.6 Å². The quantitative estimate of drug-likeness (QED) is 0.652. The lowest BCUT2D eigenvalue weighted by atomic mass is 10.2. The molecule has 1 aliphatic heterocycles. The molecule has 1 saturated heterocycles. The second-order valence-electron chi connectivity index (χ2n) is 3.97. The average Bonchev–Trinajstić information content (AvgIpc) is 2.68. The highest BCUT2D eigenvalue weighted by atomic mass is 15.2. The van der Waals surface area contributed by atoms with Crippen LogP contribution in [-0.2, 0) is 0 Å². The zero-order chi connectivity index (χ0) is 7.68. The Bertz CT molecular complexity index is 132. The summed E-state index contributed by atoms with van der Waals surface area (Å²) in [6, 6.07) is 0.718. The van der Waals surface area contributed by atoms with Gasteiger partial charge in [0.05, 0.1) is 0 Å². The van der Waals surface area contributed by atoms with Gasteiger partial charge in [0.15, 0.2) is 0 Å². The number of hydrogen-bond acceptors (Lipinski definition) is 2. The largest absolute Gasteiger partial charge is 0.329 e. The van der Waals surface area contributed by atoms with E-state index in [1.54, 1.807) is 0 Å². The molecule has 0 aromatic heterocycles. The Labute approximate surface area is 68.7 Å². The SMILES string of the molecule is NC[C@H]1CCCN1CC1CC1. The van der Waals surface area contributed by atoms with E-state index >= 15 is 0 Å². The predicted octanol–water partition coefficient (Wildman–Crippen LogP) is 0.819. The van der Waals surface area contributed by atoms with Crippen LogP contribution in [0.4, 0.5) is 0 Å². The number of nitrogens with zero attached hydrogens (tertiary/aromatic N) is 1. The monoisotopic (exact) mass is 154 g/mol. The molecule has 2 aliphatic rings. The van der Waals surface area contributed by atoms with Gasteiger partial charge in [0.2, 0.25) is 0 Å². The van der Waals surface area contributed by atoms with E-state index in [9.17, 15) is 0 Å². The third kappa shape index (κ3) is 1.74. The fraction of sp³-hybridized carbons (Fsp3) is 1.00. The maximum Gasteiger partial charge on any atom is 0.0219 e. The second kappa shape index (κ2) is 3.11. The summed E-state index contributed by atoms with van der Waals surface area (Å²) < 4.78 is 0. The van der Waals surface area contributed by atoms with Gasteiger partial charge in [-0.15, -0.1) is 0 Å². The summed E-state index contributed by atoms with van der Waals surface area (Å²) in [6.45, 7) is 3.51. The van der Waals surface area contributed by atoms with Crippen molar-refractivity contribution in [1.82, 2.24) is 4.90 Å². The van der Waals surface area contributed by atoms with E-state index in [4.69, 9.17) is 5.73 Å². The van der Waals surface area contributed by atoms with Crippen molar-refractivity contribution >= 4 is 0 Å². The summed E-state index contributed by atoms with van der Waals surface area (Å²) in [5.41, 5.74) is 5.68. The lowest BCUT2D eigenvalue weighted by Crippen LogP contribution is -2.36. The van der Waals surface area contributed by atoms with Crippen LogP contribution >= 0.6 is 0 Å². The van der Waals surface area contributed by atoms with Crippen LogP contribution in [0.25, 0.3) is 0 Å². The first-order chi connectivity index (χ1) is 5.40. The van der Waals surface area contributed by atoms with Gasteiger partial charge in [0, 0.05) is 19.1 Å². The molecule has 2 N–H and O–H groups in total. The first-order valence-corrected chi connectivity index (χ1v) is 4.84. The second-order valence-corrected chi connectivity index (χ2v) is 3.97. The lowest BCUT2D eigenvalue weighted by molar-refractivity contribution is 0.248. The minimum absolute atomic E-state index is 0.718. The predicted molar refractivity (Wildman–Crippen MR) is 46.4 cm³/mol. The maximum absolute atomic E-state index is 5.68. The lowest BCUT2D eigenvalue weighted by Gasteiger charge is -2.22. The fourth-order valence-electron chi connectivity index (χ4n) is 2.03. The van der Waals surface area contributed by atoms with E-state index < -0.39 is 0 Å². The first-order valence-electron chi connectivity index (χ1n) is 4.84. The molecule has 0 unspecified atom stereocenters. The van der Waals surface area contributed by atoms with Gasteiger partial charge in [-0.3, -0.25) is 4.90 Å².